The smallest absolute Gasteiger partial charge is 0.163 e. The van der Waals surface area contributed by atoms with Crippen LogP contribution in [0.2, 0.25) is 0 Å². The largest absolute Gasteiger partial charge is 0.307 e. The van der Waals surface area contributed by atoms with E-state index in [1.807, 2.05) is 6.92 Å². The lowest BCUT2D eigenvalue weighted by atomic mass is 10.1. The van der Waals surface area contributed by atoms with E-state index in [1.54, 1.807) is 12.1 Å². The third-order valence-corrected chi connectivity index (χ3v) is 3.02. The number of halogens is 2. The van der Waals surface area contributed by atoms with Gasteiger partial charge in [-0.3, -0.25) is 0 Å². The Bertz CT molecular complexity index is 365. The number of nitrogens with one attached hydrogen (secondary N) is 1. The lowest BCUT2D eigenvalue weighted by Gasteiger charge is -2.14. The molecule has 1 aliphatic carbocycles. The molecule has 0 aromatic heterocycles. The molecule has 1 saturated carbocycles. The summed E-state index contributed by atoms with van der Waals surface area (Å²) in [6.07, 6.45) is 1.13. The molecule has 3 atom stereocenters. The second kappa shape index (κ2) is 3.89. The van der Waals surface area contributed by atoms with Crippen molar-refractivity contribution in [1.29, 1.82) is 0 Å². The first-order valence-corrected chi connectivity index (χ1v) is 5.29. The number of hydrogen-bond acceptors (Lipinski definition) is 1. The van der Waals surface area contributed by atoms with Crippen LogP contribution in [-0.2, 0) is 0 Å². The molecule has 1 nitrogen and oxygen atoms in total. The molecule has 1 aromatic rings. The first-order chi connectivity index (χ1) is 7.09. The number of benzene rings is 1. The number of hydrogen-bond donors (Lipinski definition) is 1. The summed E-state index contributed by atoms with van der Waals surface area (Å²) in [5.74, 6) is -0.847. The van der Waals surface area contributed by atoms with E-state index in [0.29, 0.717) is 17.5 Å². The van der Waals surface area contributed by atoms with Gasteiger partial charge in [0.25, 0.3) is 0 Å². The number of rotatable bonds is 3. The molecule has 1 aromatic carbocycles. The molecule has 15 heavy (non-hydrogen) atoms. The first kappa shape index (κ1) is 10.6. The molecule has 1 N–H and O–H groups in total. The van der Waals surface area contributed by atoms with Crippen LogP contribution in [0.25, 0.3) is 0 Å². The molecular weight excluding hydrogens is 196 g/mol. The zero-order chi connectivity index (χ0) is 11.0. The van der Waals surface area contributed by atoms with Gasteiger partial charge in [0.05, 0.1) is 0 Å². The van der Waals surface area contributed by atoms with Gasteiger partial charge in [-0.05, 0) is 25.3 Å². The molecule has 0 saturated heterocycles. The molecule has 3 heteroatoms. The lowest BCUT2D eigenvalue weighted by Crippen LogP contribution is -2.23. The summed E-state index contributed by atoms with van der Waals surface area (Å²) in [6.45, 7) is 4.01. The molecular formula is C12H15F2N. The second-order valence-corrected chi connectivity index (χ2v) is 4.35. The highest BCUT2D eigenvalue weighted by molar-refractivity contribution is 5.22. The summed E-state index contributed by atoms with van der Waals surface area (Å²) in [5.41, 5.74) is 0.411. The van der Waals surface area contributed by atoms with E-state index in [1.165, 1.54) is 0 Å². The molecule has 0 aliphatic heterocycles. The van der Waals surface area contributed by atoms with Crippen LogP contribution in [0, 0.1) is 17.6 Å². The topological polar surface area (TPSA) is 12.0 Å². The fraction of sp³-hybridized carbons (Fsp3) is 0.500. The summed E-state index contributed by atoms with van der Waals surface area (Å²) in [7, 11) is 0. The van der Waals surface area contributed by atoms with E-state index in [2.05, 4.69) is 12.2 Å². The zero-order valence-electron chi connectivity index (χ0n) is 8.93. The molecule has 82 valence electrons. The predicted octanol–water partition coefficient (Wildman–Crippen LogP) is 3.02. The molecule has 0 heterocycles. The highest BCUT2D eigenvalue weighted by atomic mass is 19.2. The predicted molar refractivity (Wildman–Crippen MR) is 55.5 cm³/mol. The Hall–Kier alpha value is -0.960. The van der Waals surface area contributed by atoms with E-state index < -0.39 is 11.6 Å². The van der Waals surface area contributed by atoms with Crippen LogP contribution in [-0.4, -0.2) is 6.04 Å². The van der Waals surface area contributed by atoms with Gasteiger partial charge < -0.3 is 5.32 Å². The Morgan fingerprint density at radius 3 is 2.67 bits per heavy atom. The lowest BCUT2D eigenvalue weighted by molar-refractivity contribution is 0.468. The maximum absolute atomic E-state index is 13.4. The highest BCUT2D eigenvalue weighted by Crippen LogP contribution is 2.32. The third kappa shape index (κ3) is 2.17. The van der Waals surface area contributed by atoms with E-state index in [-0.39, 0.29) is 6.04 Å². The molecule has 0 radical (unpaired) electrons. The molecule has 2 rings (SSSR count). The van der Waals surface area contributed by atoms with Crippen molar-refractivity contribution in [2.24, 2.45) is 5.92 Å². The summed E-state index contributed by atoms with van der Waals surface area (Å²) < 4.78 is 26.4. The minimum absolute atomic E-state index is 0.129. The second-order valence-electron chi connectivity index (χ2n) is 4.35. The average Bonchev–Trinajstić information content (AvgIpc) is 2.86. The van der Waals surface area contributed by atoms with Crippen LogP contribution >= 0.6 is 0 Å². The first-order valence-electron chi connectivity index (χ1n) is 5.29. The Morgan fingerprint density at radius 2 is 2.07 bits per heavy atom. The van der Waals surface area contributed by atoms with Crippen molar-refractivity contribution in [3.8, 4) is 0 Å². The Labute approximate surface area is 88.5 Å². The highest BCUT2D eigenvalue weighted by Gasteiger charge is 2.33. The Balaban J connectivity index is 2.11. The van der Waals surface area contributed by atoms with Gasteiger partial charge in [0.1, 0.15) is 0 Å². The van der Waals surface area contributed by atoms with Crippen LogP contribution in [0.1, 0.15) is 31.9 Å². The van der Waals surface area contributed by atoms with Crippen LogP contribution in [0.4, 0.5) is 8.78 Å². The Kier molecular flexibility index (Phi) is 2.74. The van der Waals surface area contributed by atoms with Crippen molar-refractivity contribution in [3.63, 3.8) is 0 Å². The van der Waals surface area contributed by atoms with Crippen molar-refractivity contribution < 1.29 is 8.78 Å². The van der Waals surface area contributed by atoms with Gasteiger partial charge in [-0.15, -0.1) is 0 Å². The normalized spacial score (nSPS) is 26.4. The Morgan fingerprint density at radius 1 is 1.40 bits per heavy atom. The van der Waals surface area contributed by atoms with Gasteiger partial charge in [-0.25, -0.2) is 8.78 Å². The van der Waals surface area contributed by atoms with Crippen LogP contribution in [0.5, 0.6) is 0 Å². The molecule has 1 fully saturated rings. The van der Waals surface area contributed by atoms with Crippen LogP contribution in [0.3, 0.4) is 0 Å². The third-order valence-electron chi connectivity index (χ3n) is 3.02. The fourth-order valence-electron chi connectivity index (χ4n) is 1.82. The summed E-state index contributed by atoms with van der Waals surface area (Å²) in [5, 5.41) is 3.28. The van der Waals surface area contributed by atoms with E-state index in [9.17, 15) is 8.78 Å². The van der Waals surface area contributed by atoms with Gasteiger partial charge in [0.15, 0.2) is 11.6 Å². The van der Waals surface area contributed by atoms with Crippen molar-refractivity contribution in [2.45, 2.75) is 32.4 Å². The molecule has 1 aliphatic rings. The van der Waals surface area contributed by atoms with Crippen molar-refractivity contribution in [2.75, 3.05) is 0 Å². The molecule has 0 amide bonds. The minimum atomic E-state index is -0.773. The standard InChI is InChI=1S/C12H15F2N/c1-7-6-11(7)15-8(2)9-4-3-5-10(13)12(9)14/h3-5,7-8,11,15H,6H2,1-2H3. The van der Waals surface area contributed by atoms with Crippen LogP contribution < -0.4 is 5.32 Å². The van der Waals surface area contributed by atoms with Gasteiger partial charge in [0, 0.05) is 17.6 Å². The van der Waals surface area contributed by atoms with Crippen molar-refractivity contribution in [3.05, 3.63) is 35.4 Å². The minimum Gasteiger partial charge on any atom is -0.307 e. The monoisotopic (exact) mass is 211 g/mol. The van der Waals surface area contributed by atoms with Gasteiger partial charge in [-0.2, -0.15) is 0 Å². The summed E-state index contributed by atoms with van der Waals surface area (Å²) in [4.78, 5) is 0. The SMILES string of the molecule is CC(NC1CC1C)c1cccc(F)c1F. The van der Waals surface area contributed by atoms with Crippen LogP contribution in [0.15, 0.2) is 18.2 Å². The molecule has 0 bridgehead atoms. The summed E-state index contributed by atoms with van der Waals surface area (Å²) >= 11 is 0. The average molecular weight is 211 g/mol. The maximum Gasteiger partial charge on any atom is 0.163 e. The zero-order valence-corrected chi connectivity index (χ0v) is 8.93. The van der Waals surface area contributed by atoms with Crippen molar-refractivity contribution in [1.82, 2.24) is 5.32 Å². The van der Waals surface area contributed by atoms with E-state index >= 15 is 0 Å². The van der Waals surface area contributed by atoms with E-state index in [4.69, 9.17) is 0 Å². The summed E-state index contributed by atoms with van der Waals surface area (Å²) in [6, 6.07) is 4.65. The van der Waals surface area contributed by atoms with E-state index in [0.717, 1.165) is 12.5 Å². The van der Waals surface area contributed by atoms with Gasteiger partial charge in [-0.1, -0.05) is 19.1 Å². The van der Waals surface area contributed by atoms with Crippen molar-refractivity contribution >= 4 is 0 Å². The fourth-order valence-corrected chi connectivity index (χ4v) is 1.82. The van der Waals surface area contributed by atoms with Gasteiger partial charge >= 0.3 is 0 Å². The molecule has 3 unspecified atom stereocenters. The quantitative estimate of drug-likeness (QED) is 0.810. The molecule has 0 spiro atoms. The van der Waals surface area contributed by atoms with Gasteiger partial charge in [0.2, 0.25) is 0 Å². The maximum atomic E-state index is 13.4.